The van der Waals surface area contributed by atoms with Gasteiger partial charge < -0.3 is 15.1 Å². The largest absolute Gasteiger partial charge is 0.369 e. The Hall–Kier alpha value is -3.53. The zero-order chi connectivity index (χ0) is 21.1. The third-order valence-electron chi connectivity index (χ3n) is 4.91. The number of nitrogens with zero attached hydrogens (tertiary/aromatic N) is 4. The van der Waals surface area contributed by atoms with Crippen molar-refractivity contribution in [1.29, 1.82) is 0 Å². The minimum Gasteiger partial charge on any atom is -0.369 e. The molecule has 1 saturated heterocycles. The van der Waals surface area contributed by atoms with Gasteiger partial charge in [-0.05, 0) is 37.7 Å². The third-order valence-corrected chi connectivity index (χ3v) is 4.91. The van der Waals surface area contributed by atoms with Crippen LogP contribution in [0.15, 0.2) is 36.4 Å². The molecule has 0 saturated carbocycles. The molecule has 0 unspecified atom stereocenters. The Kier molecular flexibility index (Phi) is 5.74. The highest BCUT2D eigenvalue weighted by molar-refractivity contribution is 6.05. The second kappa shape index (κ2) is 8.23. The fourth-order valence-electron chi connectivity index (χ4n) is 3.18. The SMILES string of the molecule is Cc1cc(N2CCN(C)CC2)ccc1NC(=O)c1cc([N+](=O)[O-])cc([N+](=O)[O-])c1. The van der Waals surface area contributed by atoms with Gasteiger partial charge in [0.15, 0.2) is 0 Å². The van der Waals surface area contributed by atoms with Gasteiger partial charge in [0.05, 0.1) is 21.5 Å². The van der Waals surface area contributed by atoms with Crippen LogP contribution in [0.5, 0.6) is 0 Å². The molecule has 1 heterocycles. The first-order valence-electron chi connectivity index (χ1n) is 9.04. The molecule has 1 aliphatic rings. The van der Waals surface area contributed by atoms with Crippen LogP contribution in [0.4, 0.5) is 22.7 Å². The van der Waals surface area contributed by atoms with E-state index in [1.54, 1.807) is 6.07 Å². The second-order valence-electron chi connectivity index (χ2n) is 7.00. The number of non-ortho nitro benzene ring substituents is 2. The Labute approximate surface area is 167 Å². The van der Waals surface area contributed by atoms with Crippen molar-refractivity contribution >= 4 is 28.7 Å². The topological polar surface area (TPSA) is 122 Å². The van der Waals surface area contributed by atoms with Crippen LogP contribution in [0.25, 0.3) is 0 Å². The number of piperazine rings is 1. The summed E-state index contributed by atoms with van der Waals surface area (Å²) in [6.45, 7) is 5.63. The van der Waals surface area contributed by atoms with Crippen LogP contribution in [-0.4, -0.2) is 53.9 Å². The molecule has 0 aromatic heterocycles. The maximum atomic E-state index is 12.6. The number of nitrogens with one attached hydrogen (secondary N) is 1. The number of hydrogen-bond acceptors (Lipinski definition) is 7. The quantitative estimate of drug-likeness (QED) is 0.606. The molecule has 0 aliphatic carbocycles. The second-order valence-corrected chi connectivity index (χ2v) is 7.00. The molecule has 29 heavy (non-hydrogen) atoms. The van der Waals surface area contributed by atoms with Gasteiger partial charge in [-0.25, -0.2) is 0 Å². The molecule has 152 valence electrons. The van der Waals surface area contributed by atoms with Gasteiger partial charge in [-0.3, -0.25) is 25.0 Å². The van der Waals surface area contributed by atoms with Gasteiger partial charge in [0.2, 0.25) is 0 Å². The van der Waals surface area contributed by atoms with Crippen LogP contribution in [0.1, 0.15) is 15.9 Å². The number of nitro benzene ring substituents is 2. The van der Waals surface area contributed by atoms with E-state index >= 15 is 0 Å². The van der Waals surface area contributed by atoms with E-state index in [4.69, 9.17) is 0 Å². The van der Waals surface area contributed by atoms with E-state index in [0.717, 1.165) is 55.6 Å². The van der Waals surface area contributed by atoms with Gasteiger partial charge in [-0.15, -0.1) is 0 Å². The third kappa shape index (κ3) is 4.66. The number of carbonyl (C=O) groups excluding carboxylic acids is 1. The molecular formula is C19H21N5O5. The van der Waals surface area contributed by atoms with Crippen molar-refractivity contribution < 1.29 is 14.6 Å². The average molecular weight is 399 g/mol. The molecule has 0 spiro atoms. The highest BCUT2D eigenvalue weighted by Crippen LogP contribution is 2.26. The van der Waals surface area contributed by atoms with Gasteiger partial charge in [0.25, 0.3) is 17.3 Å². The molecule has 2 aromatic carbocycles. The number of benzene rings is 2. The molecule has 1 amide bonds. The predicted molar refractivity (Wildman–Crippen MR) is 109 cm³/mol. The summed E-state index contributed by atoms with van der Waals surface area (Å²) in [5, 5.41) is 24.7. The summed E-state index contributed by atoms with van der Waals surface area (Å²) >= 11 is 0. The summed E-state index contributed by atoms with van der Waals surface area (Å²) in [5.41, 5.74) is 1.27. The maximum absolute atomic E-state index is 12.6. The molecule has 1 N–H and O–H groups in total. The zero-order valence-electron chi connectivity index (χ0n) is 16.1. The number of rotatable bonds is 5. The summed E-state index contributed by atoms with van der Waals surface area (Å²) in [6.07, 6.45) is 0. The fraction of sp³-hybridized carbons (Fsp3) is 0.316. The average Bonchev–Trinajstić information content (AvgIpc) is 2.69. The molecule has 0 radical (unpaired) electrons. The molecule has 10 nitrogen and oxygen atoms in total. The summed E-state index contributed by atoms with van der Waals surface area (Å²) in [6, 6.07) is 8.52. The Bertz CT molecular complexity index is 937. The van der Waals surface area contributed by atoms with Crippen LogP contribution in [0.2, 0.25) is 0 Å². The summed E-state index contributed by atoms with van der Waals surface area (Å²) < 4.78 is 0. The normalized spacial score (nSPS) is 14.5. The highest BCUT2D eigenvalue weighted by Gasteiger charge is 2.21. The number of nitro groups is 2. The van der Waals surface area contributed by atoms with Crippen molar-refractivity contribution in [3.05, 3.63) is 67.8 Å². The van der Waals surface area contributed by atoms with E-state index in [2.05, 4.69) is 22.2 Å². The smallest absolute Gasteiger partial charge is 0.277 e. The van der Waals surface area contributed by atoms with Gasteiger partial charge in [-0.1, -0.05) is 0 Å². The van der Waals surface area contributed by atoms with Crippen molar-refractivity contribution in [3.63, 3.8) is 0 Å². The van der Waals surface area contributed by atoms with Crippen LogP contribution in [0, 0.1) is 27.2 Å². The lowest BCUT2D eigenvalue weighted by Gasteiger charge is -2.34. The summed E-state index contributed by atoms with van der Waals surface area (Å²) in [7, 11) is 2.08. The number of likely N-dealkylation sites (N-methyl/N-ethyl adjacent to an activating group) is 1. The molecule has 0 atom stereocenters. The van der Waals surface area contributed by atoms with Crippen LogP contribution < -0.4 is 10.2 Å². The monoisotopic (exact) mass is 399 g/mol. The van der Waals surface area contributed by atoms with Crippen molar-refractivity contribution in [2.75, 3.05) is 43.4 Å². The minimum atomic E-state index is -0.764. The highest BCUT2D eigenvalue weighted by atomic mass is 16.6. The van der Waals surface area contributed by atoms with Crippen molar-refractivity contribution in [3.8, 4) is 0 Å². The summed E-state index contributed by atoms with van der Waals surface area (Å²) in [5.74, 6) is -0.646. The Morgan fingerprint density at radius 3 is 2.07 bits per heavy atom. The molecule has 10 heteroatoms. The van der Waals surface area contributed by atoms with Gasteiger partial charge in [-0.2, -0.15) is 0 Å². The minimum absolute atomic E-state index is 0.145. The first-order chi connectivity index (χ1) is 13.7. The van der Waals surface area contributed by atoms with Gasteiger partial charge in [0, 0.05) is 49.7 Å². The zero-order valence-corrected chi connectivity index (χ0v) is 16.1. The standard InChI is InChI=1S/C19H21N5O5/c1-13-9-15(22-7-5-21(2)6-8-22)3-4-18(13)20-19(25)14-10-16(23(26)27)12-17(11-14)24(28)29/h3-4,9-12H,5-8H2,1-2H3,(H,20,25). The lowest BCUT2D eigenvalue weighted by atomic mass is 10.1. The van der Waals surface area contributed by atoms with Gasteiger partial charge >= 0.3 is 0 Å². The van der Waals surface area contributed by atoms with E-state index < -0.39 is 27.1 Å². The van der Waals surface area contributed by atoms with Crippen LogP contribution in [0.3, 0.4) is 0 Å². The molecular weight excluding hydrogens is 378 g/mol. The number of amides is 1. The van der Waals surface area contributed by atoms with Crippen molar-refractivity contribution in [2.45, 2.75) is 6.92 Å². The number of carbonyl (C=O) groups is 1. The van der Waals surface area contributed by atoms with Crippen LogP contribution in [-0.2, 0) is 0 Å². The molecule has 3 rings (SSSR count). The molecule has 0 bridgehead atoms. The van der Waals surface area contributed by atoms with Gasteiger partial charge in [0.1, 0.15) is 0 Å². The Balaban J connectivity index is 1.80. The van der Waals surface area contributed by atoms with Crippen LogP contribution >= 0.6 is 0 Å². The maximum Gasteiger partial charge on any atom is 0.277 e. The van der Waals surface area contributed by atoms with E-state index in [0.29, 0.717) is 5.69 Å². The van der Waals surface area contributed by atoms with Crippen molar-refractivity contribution in [1.82, 2.24) is 4.90 Å². The van der Waals surface area contributed by atoms with E-state index in [1.807, 2.05) is 19.1 Å². The number of anilines is 2. The molecule has 1 fully saturated rings. The lowest BCUT2D eigenvalue weighted by molar-refractivity contribution is -0.394. The number of hydrogen-bond donors (Lipinski definition) is 1. The van der Waals surface area contributed by atoms with E-state index in [-0.39, 0.29) is 5.56 Å². The lowest BCUT2D eigenvalue weighted by Crippen LogP contribution is -2.44. The molecule has 2 aromatic rings. The first-order valence-corrected chi connectivity index (χ1v) is 9.04. The number of aryl methyl sites for hydroxylation is 1. The Morgan fingerprint density at radius 2 is 1.55 bits per heavy atom. The Morgan fingerprint density at radius 1 is 0.966 bits per heavy atom. The van der Waals surface area contributed by atoms with Crippen molar-refractivity contribution in [2.24, 2.45) is 0 Å². The predicted octanol–water partition coefficient (Wildman–Crippen LogP) is 2.82. The first kappa shape index (κ1) is 20.2. The van der Waals surface area contributed by atoms with E-state index in [9.17, 15) is 25.0 Å². The van der Waals surface area contributed by atoms with E-state index in [1.165, 1.54) is 0 Å². The summed E-state index contributed by atoms with van der Waals surface area (Å²) in [4.78, 5) is 37.6. The fourth-order valence-corrected chi connectivity index (χ4v) is 3.18. The molecule has 1 aliphatic heterocycles.